The number of carbonyl (C=O) groups is 1. The van der Waals surface area contributed by atoms with Gasteiger partial charge in [-0.25, -0.2) is 13.4 Å². The third-order valence-corrected chi connectivity index (χ3v) is 6.64. The fourth-order valence-electron chi connectivity index (χ4n) is 2.52. The number of rotatable bonds is 2. The molecule has 3 rings (SSSR count). The van der Waals surface area contributed by atoms with Crippen LogP contribution in [-0.4, -0.2) is 48.8 Å². The third-order valence-electron chi connectivity index (χ3n) is 3.78. The van der Waals surface area contributed by atoms with E-state index < -0.39 is 9.84 Å². The summed E-state index contributed by atoms with van der Waals surface area (Å²) in [4.78, 5) is 19.4. The first kappa shape index (κ1) is 14.3. The summed E-state index contributed by atoms with van der Waals surface area (Å²) in [5.74, 6) is -0.0746. The predicted octanol–water partition coefficient (Wildman–Crippen LogP) is 1.14. The van der Waals surface area contributed by atoms with Crippen molar-refractivity contribution in [1.29, 1.82) is 0 Å². The molecule has 2 aromatic heterocycles. The summed E-state index contributed by atoms with van der Waals surface area (Å²) < 4.78 is 23.1. The minimum Gasteiger partial charge on any atom is -0.397 e. The molecule has 0 radical (unpaired) electrons. The van der Waals surface area contributed by atoms with Crippen molar-refractivity contribution in [2.45, 2.75) is 12.5 Å². The lowest BCUT2D eigenvalue weighted by Gasteiger charge is -2.22. The zero-order valence-corrected chi connectivity index (χ0v) is 13.1. The van der Waals surface area contributed by atoms with Gasteiger partial charge >= 0.3 is 0 Å². The Morgan fingerprint density at radius 2 is 2.29 bits per heavy atom. The van der Waals surface area contributed by atoms with Gasteiger partial charge in [0, 0.05) is 24.7 Å². The summed E-state index contributed by atoms with van der Waals surface area (Å²) in [6, 6.07) is 3.32. The van der Waals surface area contributed by atoms with E-state index in [4.69, 9.17) is 5.73 Å². The summed E-state index contributed by atoms with van der Waals surface area (Å²) in [5, 5.41) is 0.762. The molecule has 6 nitrogen and oxygen atoms in total. The minimum absolute atomic E-state index is 0.0261. The Kier molecular flexibility index (Phi) is 3.37. The Balaban J connectivity index is 1.92. The molecule has 1 saturated heterocycles. The largest absolute Gasteiger partial charge is 0.397 e. The number of amides is 1. The number of nitrogens with zero attached hydrogens (tertiary/aromatic N) is 2. The Bertz CT molecular complexity index is 813. The zero-order valence-electron chi connectivity index (χ0n) is 11.4. The van der Waals surface area contributed by atoms with Crippen molar-refractivity contribution in [3.63, 3.8) is 0 Å². The first-order chi connectivity index (χ1) is 9.89. The number of hydrogen-bond donors (Lipinski definition) is 1. The highest BCUT2D eigenvalue weighted by Gasteiger charge is 2.34. The molecule has 1 fully saturated rings. The van der Waals surface area contributed by atoms with Crippen LogP contribution in [0.25, 0.3) is 10.2 Å². The number of nitrogens with two attached hydrogens (primary N) is 1. The van der Waals surface area contributed by atoms with Gasteiger partial charge in [-0.2, -0.15) is 0 Å². The quantitative estimate of drug-likeness (QED) is 0.893. The van der Waals surface area contributed by atoms with Gasteiger partial charge in [-0.15, -0.1) is 11.3 Å². The topological polar surface area (TPSA) is 93.4 Å². The number of aromatic nitrogens is 1. The highest BCUT2D eigenvalue weighted by atomic mass is 32.2. The van der Waals surface area contributed by atoms with Gasteiger partial charge in [0.05, 0.1) is 17.2 Å². The third kappa shape index (κ3) is 2.49. The smallest absolute Gasteiger partial charge is 0.266 e. The van der Waals surface area contributed by atoms with E-state index in [-0.39, 0.29) is 23.5 Å². The maximum Gasteiger partial charge on any atom is 0.266 e. The molecule has 2 N–H and O–H groups in total. The molecule has 1 amide bonds. The van der Waals surface area contributed by atoms with Crippen LogP contribution in [0.4, 0.5) is 5.69 Å². The normalized spacial score (nSPS) is 20.7. The van der Waals surface area contributed by atoms with Crippen molar-refractivity contribution < 1.29 is 13.2 Å². The monoisotopic (exact) mass is 325 g/mol. The lowest BCUT2D eigenvalue weighted by molar-refractivity contribution is 0.0753. The van der Waals surface area contributed by atoms with Crippen LogP contribution >= 0.6 is 11.3 Å². The van der Waals surface area contributed by atoms with Gasteiger partial charge in [-0.1, -0.05) is 0 Å². The maximum absolute atomic E-state index is 12.6. The van der Waals surface area contributed by atoms with Crippen molar-refractivity contribution in [1.82, 2.24) is 9.88 Å². The molecule has 0 saturated carbocycles. The van der Waals surface area contributed by atoms with Crippen molar-refractivity contribution in [2.24, 2.45) is 0 Å². The van der Waals surface area contributed by atoms with Crippen molar-refractivity contribution in [3.05, 3.63) is 23.2 Å². The molecule has 0 aliphatic carbocycles. The molecule has 0 aromatic carbocycles. The van der Waals surface area contributed by atoms with Crippen molar-refractivity contribution in [3.8, 4) is 0 Å². The average molecular weight is 325 g/mol. The van der Waals surface area contributed by atoms with E-state index in [1.807, 2.05) is 6.07 Å². The van der Waals surface area contributed by atoms with Gasteiger partial charge in [0.15, 0.2) is 9.84 Å². The molecular formula is C13H15N3O3S2. The van der Waals surface area contributed by atoms with Gasteiger partial charge in [-0.3, -0.25) is 4.79 Å². The Morgan fingerprint density at radius 3 is 2.90 bits per heavy atom. The number of nitrogen functional groups attached to an aromatic ring is 1. The highest BCUT2D eigenvalue weighted by Crippen LogP contribution is 2.33. The lowest BCUT2D eigenvalue weighted by atomic mass is 10.2. The van der Waals surface area contributed by atoms with E-state index >= 15 is 0 Å². The highest BCUT2D eigenvalue weighted by molar-refractivity contribution is 7.91. The molecule has 8 heteroatoms. The lowest BCUT2D eigenvalue weighted by Crippen LogP contribution is -2.37. The van der Waals surface area contributed by atoms with Crippen LogP contribution < -0.4 is 5.73 Å². The SMILES string of the molecule is CN(C(=O)c1sc2ncccc2c1N)C1CCS(=O)(=O)C1. The molecule has 1 aliphatic rings. The summed E-state index contributed by atoms with van der Waals surface area (Å²) >= 11 is 1.24. The molecule has 0 spiro atoms. The second kappa shape index (κ2) is 4.96. The van der Waals surface area contributed by atoms with Gasteiger partial charge in [0.25, 0.3) is 5.91 Å². The number of hydrogen-bond acceptors (Lipinski definition) is 6. The van der Waals surface area contributed by atoms with Gasteiger partial charge in [0.2, 0.25) is 0 Å². The molecule has 112 valence electrons. The number of thiophene rings is 1. The van der Waals surface area contributed by atoms with Gasteiger partial charge in [0.1, 0.15) is 9.71 Å². The molecule has 1 atom stereocenters. The first-order valence-corrected chi connectivity index (χ1v) is 9.13. The van der Waals surface area contributed by atoms with Crippen LogP contribution in [0, 0.1) is 0 Å². The number of pyridine rings is 1. The van der Waals surface area contributed by atoms with Crippen LogP contribution in [0.5, 0.6) is 0 Å². The summed E-state index contributed by atoms with van der Waals surface area (Å²) in [7, 11) is -1.39. The number of fused-ring (bicyclic) bond motifs is 1. The first-order valence-electron chi connectivity index (χ1n) is 6.49. The van der Waals surface area contributed by atoms with E-state index in [1.165, 1.54) is 16.2 Å². The predicted molar refractivity (Wildman–Crippen MR) is 83.2 cm³/mol. The van der Waals surface area contributed by atoms with E-state index in [1.54, 1.807) is 19.3 Å². The van der Waals surface area contributed by atoms with Crippen LogP contribution in [0.15, 0.2) is 18.3 Å². The molecule has 1 unspecified atom stereocenters. The fraction of sp³-hybridized carbons (Fsp3) is 0.385. The standard InChI is InChI=1S/C13H15N3O3S2/c1-16(8-4-6-21(18,19)7-8)13(17)11-10(14)9-3-2-5-15-12(9)20-11/h2-3,5,8H,4,6-7,14H2,1H3. The molecule has 0 bridgehead atoms. The Labute approximate surface area is 126 Å². The van der Waals surface area contributed by atoms with Crippen LogP contribution in [-0.2, 0) is 9.84 Å². The molecule has 3 heterocycles. The van der Waals surface area contributed by atoms with E-state index in [0.29, 0.717) is 21.8 Å². The number of anilines is 1. The van der Waals surface area contributed by atoms with Crippen molar-refractivity contribution >= 4 is 43.0 Å². The summed E-state index contributed by atoms with van der Waals surface area (Å²) in [6.07, 6.45) is 2.13. The second-order valence-electron chi connectivity index (χ2n) is 5.17. The second-order valence-corrected chi connectivity index (χ2v) is 8.40. The van der Waals surface area contributed by atoms with Crippen LogP contribution in [0.2, 0.25) is 0 Å². The van der Waals surface area contributed by atoms with E-state index in [0.717, 1.165) is 5.39 Å². The van der Waals surface area contributed by atoms with Crippen LogP contribution in [0.3, 0.4) is 0 Å². The summed E-state index contributed by atoms with van der Waals surface area (Å²) in [6.45, 7) is 0. The van der Waals surface area contributed by atoms with Gasteiger partial charge in [-0.05, 0) is 18.6 Å². The molecule has 21 heavy (non-hydrogen) atoms. The van der Waals surface area contributed by atoms with Crippen LogP contribution in [0.1, 0.15) is 16.1 Å². The minimum atomic E-state index is -3.03. The Morgan fingerprint density at radius 1 is 1.52 bits per heavy atom. The molecule has 1 aliphatic heterocycles. The van der Waals surface area contributed by atoms with Crippen molar-refractivity contribution in [2.75, 3.05) is 24.3 Å². The number of sulfone groups is 1. The molecular weight excluding hydrogens is 310 g/mol. The Hall–Kier alpha value is -1.67. The summed E-state index contributed by atoms with van der Waals surface area (Å²) in [5.41, 5.74) is 6.45. The van der Waals surface area contributed by atoms with Gasteiger partial charge < -0.3 is 10.6 Å². The number of carbonyl (C=O) groups excluding carboxylic acids is 1. The average Bonchev–Trinajstić information content (AvgIpc) is 2.98. The maximum atomic E-state index is 12.6. The zero-order chi connectivity index (χ0) is 15.2. The van der Waals surface area contributed by atoms with E-state index in [2.05, 4.69) is 4.98 Å². The van der Waals surface area contributed by atoms with E-state index in [9.17, 15) is 13.2 Å². The fourth-order valence-corrected chi connectivity index (χ4v) is 5.34. The molecule has 2 aromatic rings.